The molecule has 0 N–H and O–H groups in total. The Morgan fingerprint density at radius 2 is 1.86 bits per heavy atom. The van der Waals surface area contributed by atoms with E-state index in [1.165, 1.54) is 10.4 Å². The summed E-state index contributed by atoms with van der Waals surface area (Å²) >= 11 is 1.59. The molecule has 1 aromatic heterocycles. The summed E-state index contributed by atoms with van der Waals surface area (Å²) in [7, 11) is -3.52. The molecule has 4 rings (SSSR count). The van der Waals surface area contributed by atoms with Crippen molar-refractivity contribution in [3.63, 3.8) is 0 Å². The minimum Gasteiger partial charge on any atom is -0.337 e. The van der Waals surface area contributed by atoms with E-state index in [0.29, 0.717) is 31.7 Å². The standard InChI is InChI=1S/C20H26N4O3S2/c25-20(23-8-4-7-22(11-12-23)14-18-15-28-16-21-18)17-5-3-6-19(13-17)29(26,27)24-9-1-2-10-24/h3,5-6,13,15-16H,1-2,4,7-12,14H2. The molecular weight excluding hydrogens is 408 g/mol. The molecule has 1 amide bonds. The third-order valence-electron chi connectivity index (χ3n) is 5.53. The monoisotopic (exact) mass is 434 g/mol. The first-order chi connectivity index (χ1) is 14.0. The number of carbonyl (C=O) groups is 1. The number of carbonyl (C=O) groups excluding carboxylic acids is 1. The smallest absolute Gasteiger partial charge is 0.253 e. The fourth-order valence-corrected chi connectivity index (χ4v) is 6.04. The second-order valence-corrected chi connectivity index (χ2v) is 10.2. The first kappa shape index (κ1) is 20.5. The zero-order valence-electron chi connectivity index (χ0n) is 16.4. The van der Waals surface area contributed by atoms with E-state index in [9.17, 15) is 13.2 Å². The minimum atomic E-state index is -3.52. The van der Waals surface area contributed by atoms with Crippen molar-refractivity contribution in [1.29, 1.82) is 0 Å². The number of thiazole rings is 1. The van der Waals surface area contributed by atoms with E-state index >= 15 is 0 Å². The summed E-state index contributed by atoms with van der Waals surface area (Å²) in [5.74, 6) is -0.0982. The summed E-state index contributed by atoms with van der Waals surface area (Å²) in [5, 5.41) is 2.06. The molecule has 2 saturated heterocycles. The molecule has 2 fully saturated rings. The fraction of sp³-hybridized carbons (Fsp3) is 0.500. The Kier molecular flexibility index (Phi) is 6.29. The lowest BCUT2D eigenvalue weighted by atomic mass is 10.2. The van der Waals surface area contributed by atoms with Crippen molar-refractivity contribution in [2.75, 3.05) is 39.3 Å². The van der Waals surface area contributed by atoms with E-state index in [0.717, 1.165) is 44.6 Å². The summed E-state index contributed by atoms with van der Waals surface area (Å²) < 4.78 is 27.2. The minimum absolute atomic E-state index is 0.0982. The molecule has 156 valence electrons. The molecule has 2 aromatic rings. The zero-order chi connectivity index (χ0) is 20.3. The van der Waals surface area contributed by atoms with Crippen LogP contribution in [0, 0.1) is 0 Å². The van der Waals surface area contributed by atoms with Gasteiger partial charge in [0.2, 0.25) is 10.0 Å². The third kappa shape index (κ3) is 4.69. The number of benzene rings is 1. The van der Waals surface area contributed by atoms with Gasteiger partial charge in [0.1, 0.15) is 0 Å². The Bertz CT molecular complexity index is 940. The van der Waals surface area contributed by atoms with Crippen LogP contribution in [0.5, 0.6) is 0 Å². The lowest BCUT2D eigenvalue weighted by molar-refractivity contribution is 0.0761. The highest BCUT2D eigenvalue weighted by atomic mass is 32.2. The number of hydrogen-bond donors (Lipinski definition) is 0. The Balaban J connectivity index is 1.44. The van der Waals surface area contributed by atoms with Crippen molar-refractivity contribution in [2.24, 2.45) is 0 Å². The van der Waals surface area contributed by atoms with Crippen molar-refractivity contribution in [1.82, 2.24) is 19.1 Å². The predicted molar refractivity (Wildman–Crippen MR) is 112 cm³/mol. The van der Waals surface area contributed by atoms with E-state index in [2.05, 4.69) is 15.3 Å². The number of hydrogen-bond acceptors (Lipinski definition) is 6. The summed E-state index contributed by atoms with van der Waals surface area (Å²) in [4.78, 5) is 21.8. The van der Waals surface area contributed by atoms with Crippen LogP contribution in [0.3, 0.4) is 0 Å². The van der Waals surface area contributed by atoms with Gasteiger partial charge in [0.15, 0.2) is 0 Å². The van der Waals surface area contributed by atoms with Gasteiger partial charge in [0.25, 0.3) is 5.91 Å². The average Bonchev–Trinajstić information content (AvgIpc) is 3.40. The van der Waals surface area contributed by atoms with Crippen molar-refractivity contribution in [3.05, 3.63) is 46.4 Å². The molecule has 0 unspecified atom stereocenters. The third-order valence-corrected chi connectivity index (χ3v) is 8.06. The van der Waals surface area contributed by atoms with Crippen LogP contribution < -0.4 is 0 Å². The van der Waals surface area contributed by atoms with Gasteiger partial charge in [-0.05, 0) is 37.5 Å². The van der Waals surface area contributed by atoms with Crippen molar-refractivity contribution in [3.8, 4) is 0 Å². The van der Waals surface area contributed by atoms with E-state index < -0.39 is 10.0 Å². The van der Waals surface area contributed by atoms with Gasteiger partial charge >= 0.3 is 0 Å². The molecule has 3 heterocycles. The lowest BCUT2D eigenvalue weighted by Crippen LogP contribution is -2.35. The van der Waals surface area contributed by atoms with E-state index in [4.69, 9.17) is 0 Å². The Morgan fingerprint density at radius 1 is 1.03 bits per heavy atom. The largest absolute Gasteiger partial charge is 0.337 e. The number of sulfonamides is 1. The van der Waals surface area contributed by atoms with Crippen LogP contribution >= 0.6 is 11.3 Å². The van der Waals surface area contributed by atoms with Crippen LogP contribution in [-0.2, 0) is 16.6 Å². The quantitative estimate of drug-likeness (QED) is 0.722. The SMILES string of the molecule is O=C(c1cccc(S(=O)(=O)N2CCCC2)c1)N1CCCN(Cc2cscn2)CC1. The van der Waals surface area contributed by atoms with Gasteiger partial charge < -0.3 is 4.90 Å². The van der Waals surface area contributed by atoms with E-state index in [1.54, 1.807) is 29.5 Å². The van der Waals surface area contributed by atoms with Crippen molar-refractivity contribution >= 4 is 27.3 Å². The molecule has 0 bridgehead atoms. The number of aromatic nitrogens is 1. The maximum Gasteiger partial charge on any atom is 0.253 e. The molecule has 0 aliphatic carbocycles. The second-order valence-electron chi connectivity index (χ2n) is 7.54. The second kappa shape index (κ2) is 8.91. The van der Waals surface area contributed by atoms with Gasteiger partial charge in [-0.25, -0.2) is 13.4 Å². The van der Waals surface area contributed by atoms with Crippen LogP contribution in [0.2, 0.25) is 0 Å². The van der Waals surface area contributed by atoms with Gasteiger partial charge in [0.05, 0.1) is 16.1 Å². The average molecular weight is 435 g/mol. The highest BCUT2D eigenvalue weighted by Gasteiger charge is 2.28. The molecule has 29 heavy (non-hydrogen) atoms. The molecule has 9 heteroatoms. The van der Waals surface area contributed by atoms with Crippen LogP contribution in [0.15, 0.2) is 40.1 Å². The first-order valence-electron chi connectivity index (χ1n) is 10.0. The maximum absolute atomic E-state index is 13.1. The Labute approximate surface area is 176 Å². The van der Waals surface area contributed by atoms with Crippen LogP contribution in [0.4, 0.5) is 0 Å². The van der Waals surface area contributed by atoms with E-state index in [1.807, 2.05) is 10.4 Å². The molecule has 2 aliphatic heterocycles. The van der Waals surface area contributed by atoms with Gasteiger partial charge in [0, 0.05) is 56.8 Å². The maximum atomic E-state index is 13.1. The van der Waals surface area contributed by atoms with E-state index in [-0.39, 0.29) is 10.8 Å². The highest BCUT2D eigenvalue weighted by Crippen LogP contribution is 2.22. The summed E-state index contributed by atoms with van der Waals surface area (Å²) in [6, 6.07) is 6.50. The molecule has 0 spiro atoms. The molecule has 0 atom stereocenters. The molecular formula is C20H26N4O3S2. The fourth-order valence-electron chi connectivity index (χ4n) is 3.93. The van der Waals surface area contributed by atoms with Gasteiger partial charge in [-0.1, -0.05) is 6.07 Å². The molecule has 0 radical (unpaired) electrons. The summed E-state index contributed by atoms with van der Waals surface area (Å²) in [6.07, 6.45) is 2.67. The number of nitrogens with zero attached hydrogens (tertiary/aromatic N) is 4. The first-order valence-corrected chi connectivity index (χ1v) is 12.4. The molecule has 0 saturated carbocycles. The number of amides is 1. The van der Waals surface area contributed by atoms with Crippen LogP contribution in [0.1, 0.15) is 35.3 Å². The van der Waals surface area contributed by atoms with Crippen LogP contribution in [-0.4, -0.2) is 72.7 Å². The highest BCUT2D eigenvalue weighted by molar-refractivity contribution is 7.89. The lowest BCUT2D eigenvalue weighted by Gasteiger charge is -2.22. The Morgan fingerprint density at radius 3 is 2.62 bits per heavy atom. The predicted octanol–water partition coefficient (Wildman–Crippen LogP) is 2.28. The number of rotatable bonds is 5. The summed E-state index contributed by atoms with van der Waals surface area (Å²) in [6.45, 7) is 4.93. The van der Waals surface area contributed by atoms with Gasteiger partial charge in [-0.15, -0.1) is 11.3 Å². The molecule has 7 nitrogen and oxygen atoms in total. The van der Waals surface area contributed by atoms with Gasteiger partial charge in [-0.2, -0.15) is 4.31 Å². The molecule has 2 aliphatic rings. The Hall–Kier alpha value is -1.81. The van der Waals surface area contributed by atoms with Crippen molar-refractivity contribution < 1.29 is 13.2 Å². The molecule has 1 aromatic carbocycles. The van der Waals surface area contributed by atoms with Crippen molar-refractivity contribution in [2.45, 2.75) is 30.7 Å². The topological polar surface area (TPSA) is 73.8 Å². The summed E-state index contributed by atoms with van der Waals surface area (Å²) in [5.41, 5.74) is 3.35. The zero-order valence-corrected chi connectivity index (χ0v) is 18.0. The van der Waals surface area contributed by atoms with Crippen LogP contribution in [0.25, 0.3) is 0 Å². The normalized spacial score (nSPS) is 19.4. The van der Waals surface area contributed by atoms with Gasteiger partial charge in [-0.3, -0.25) is 9.69 Å².